The average Bonchev–Trinajstić information content (AvgIpc) is 3.15. The van der Waals surface area contributed by atoms with Crippen LogP contribution in [-0.4, -0.2) is 30.3 Å². The molecule has 28 heavy (non-hydrogen) atoms. The minimum absolute atomic E-state index is 0.292. The summed E-state index contributed by atoms with van der Waals surface area (Å²) in [5.41, 5.74) is 4.19. The number of benzene rings is 2. The number of aromatic nitrogens is 2. The van der Waals surface area contributed by atoms with Crippen molar-refractivity contribution in [3.63, 3.8) is 0 Å². The number of carbonyl (C=O) groups is 1. The Kier molecular flexibility index (Phi) is 6.53. The van der Waals surface area contributed by atoms with Crippen LogP contribution in [0.25, 0.3) is 0 Å². The summed E-state index contributed by atoms with van der Waals surface area (Å²) in [6.07, 6.45) is 0. The summed E-state index contributed by atoms with van der Waals surface area (Å²) in [5.74, 6) is 1.61. The molecule has 0 atom stereocenters. The molecule has 0 aliphatic carbocycles. The van der Waals surface area contributed by atoms with Crippen LogP contribution in [-0.2, 0) is 5.75 Å². The van der Waals surface area contributed by atoms with Crippen molar-refractivity contribution in [2.75, 3.05) is 19.5 Å². The lowest BCUT2D eigenvalue weighted by molar-refractivity contribution is 0.102. The van der Waals surface area contributed by atoms with Crippen molar-refractivity contribution in [2.45, 2.75) is 23.9 Å². The van der Waals surface area contributed by atoms with Gasteiger partial charge in [-0.15, -0.1) is 10.2 Å². The predicted octanol–water partition coefficient (Wildman–Crippen LogP) is 4.72. The zero-order valence-corrected chi connectivity index (χ0v) is 17.7. The first kappa shape index (κ1) is 20.2. The molecular weight excluding hydrogens is 394 g/mol. The normalized spacial score (nSPS) is 10.6. The molecule has 0 aliphatic rings. The Morgan fingerprint density at radius 2 is 1.79 bits per heavy atom. The largest absolute Gasteiger partial charge is 0.497 e. The number of nitrogens with zero attached hydrogens (tertiary/aromatic N) is 2. The summed E-state index contributed by atoms with van der Waals surface area (Å²) in [6, 6.07) is 11.4. The summed E-state index contributed by atoms with van der Waals surface area (Å²) >= 11 is 2.96. The molecule has 0 fully saturated rings. The predicted molar refractivity (Wildman–Crippen MR) is 113 cm³/mol. The molecule has 3 rings (SSSR count). The van der Waals surface area contributed by atoms with E-state index in [1.165, 1.54) is 28.0 Å². The summed E-state index contributed by atoms with van der Waals surface area (Å²) in [5, 5.41) is 11.5. The quantitative estimate of drug-likeness (QED) is 0.445. The van der Waals surface area contributed by atoms with Gasteiger partial charge in [-0.25, -0.2) is 0 Å². The van der Waals surface area contributed by atoms with Gasteiger partial charge in [0.15, 0.2) is 4.34 Å². The van der Waals surface area contributed by atoms with E-state index in [-0.39, 0.29) is 5.91 Å². The van der Waals surface area contributed by atoms with Crippen LogP contribution >= 0.6 is 23.1 Å². The van der Waals surface area contributed by atoms with Crippen molar-refractivity contribution in [3.05, 3.63) is 58.7 Å². The zero-order valence-electron chi connectivity index (χ0n) is 16.1. The van der Waals surface area contributed by atoms with Gasteiger partial charge in [-0.05, 0) is 37.1 Å². The van der Waals surface area contributed by atoms with E-state index < -0.39 is 0 Å². The minimum Gasteiger partial charge on any atom is -0.497 e. The molecule has 1 aromatic heterocycles. The maximum atomic E-state index is 12.5. The Labute approximate surface area is 172 Å². The highest BCUT2D eigenvalue weighted by Gasteiger charge is 2.13. The van der Waals surface area contributed by atoms with Crippen molar-refractivity contribution in [1.82, 2.24) is 10.2 Å². The van der Waals surface area contributed by atoms with Gasteiger partial charge in [0.05, 0.1) is 14.2 Å². The second-order valence-corrected chi connectivity index (χ2v) is 8.35. The van der Waals surface area contributed by atoms with Crippen molar-refractivity contribution < 1.29 is 14.3 Å². The highest BCUT2D eigenvalue weighted by atomic mass is 32.2. The summed E-state index contributed by atoms with van der Waals surface area (Å²) in [6.45, 7) is 4.18. The van der Waals surface area contributed by atoms with Crippen molar-refractivity contribution in [1.29, 1.82) is 0 Å². The molecule has 8 heteroatoms. The molecule has 2 aromatic carbocycles. The second kappa shape index (κ2) is 9.07. The SMILES string of the molecule is COc1cc(OC)cc(C(=O)Nc2nnc(SCc3cc(C)ccc3C)s2)c1. The Hall–Kier alpha value is -2.58. The molecule has 0 saturated carbocycles. The molecule has 1 N–H and O–H groups in total. The number of hydrogen-bond donors (Lipinski definition) is 1. The number of rotatable bonds is 7. The smallest absolute Gasteiger partial charge is 0.257 e. The Morgan fingerprint density at radius 3 is 2.46 bits per heavy atom. The molecule has 0 spiro atoms. The summed E-state index contributed by atoms with van der Waals surface area (Å²) < 4.78 is 11.2. The number of thioether (sulfide) groups is 1. The van der Waals surface area contributed by atoms with Crippen LogP contribution in [0, 0.1) is 13.8 Å². The van der Waals surface area contributed by atoms with Crippen LogP contribution < -0.4 is 14.8 Å². The van der Waals surface area contributed by atoms with Crippen LogP contribution in [0.2, 0.25) is 0 Å². The lowest BCUT2D eigenvalue weighted by Gasteiger charge is -2.07. The van der Waals surface area contributed by atoms with E-state index in [0.717, 1.165) is 10.1 Å². The fourth-order valence-corrected chi connectivity index (χ4v) is 4.33. The Morgan fingerprint density at radius 1 is 1.07 bits per heavy atom. The standard InChI is InChI=1S/C20H21N3O3S2/c1-12-5-6-13(2)15(7-12)11-27-20-23-22-19(28-20)21-18(24)14-8-16(25-3)10-17(9-14)26-4/h5-10H,11H2,1-4H3,(H,21,22,24). The highest BCUT2D eigenvalue weighted by molar-refractivity contribution is 8.00. The minimum atomic E-state index is -0.292. The van der Waals surface area contributed by atoms with E-state index in [1.807, 2.05) is 0 Å². The number of amides is 1. The van der Waals surface area contributed by atoms with E-state index >= 15 is 0 Å². The van der Waals surface area contributed by atoms with Gasteiger partial charge in [0.25, 0.3) is 5.91 Å². The van der Waals surface area contributed by atoms with Crippen molar-refractivity contribution in [2.24, 2.45) is 0 Å². The molecular formula is C20H21N3O3S2. The van der Waals surface area contributed by atoms with Gasteiger partial charge in [0.2, 0.25) is 5.13 Å². The topological polar surface area (TPSA) is 73.3 Å². The van der Waals surface area contributed by atoms with E-state index in [9.17, 15) is 4.79 Å². The molecule has 3 aromatic rings. The number of nitrogens with one attached hydrogen (secondary N) is 1. The van der Waals surface area contributed by atoms with Crippen LogP contribution in [0.1, 0.15) is 27.0 Å². The van der Waals surface area contributed by atoms with E-state index in [0.29, 0.717) is 22.2 Å². The van der Waals surface area contributed by atoms with Gasteiger partial charge in [-0.3, -0.25) is 10.1 Å². The second-order valence-electron chi connectivity index (χ2n) is 6.15. The third-order valence-corrected chi connectivity index (χ3v) is 6.12. The molecule has 0 aliphatic heterocycles. The Balaban J connectivity index is 1.66. The molecule has 0 saturated heterocycles. The van der Waals surface area contributed by atoms with Crippen molar-refractivity contribution >= 4 is 34.1 Å². The third-order valence-electron chi connectivity index (χ3n) is 4.10. The van der Waals surface area contributed by atoms with E-state index in [4.69, 9.17) is 9.47 Å². The molecule has 146 valence electrons. The van der Waals surface area contributed by atoms with Gasteiger partial charge >= 0.3 is 0 Å². The van der Waals surface area contributed by atoms with Crippen LogP contribution in [0.3, 0.4) is 0 Å². The van der Waals surface area contributed by atoms with E-state index in [2.05, 4.69) is 47.6 Å². The fourth-order valence-electron chi connectivity index (χ4n) is 2.52. The molecule has 0 unspecified atom stereocenters. The van der Waals surface area contributed by atoms with Gasteiger partial charge in [0.1, 0.15) is 11.5 Å². The molecule has 6 nitrogen and oxygen atoms in total. The maximum Gasteiger partial charge on any atom is 0.257 e. The zero-order chi connectivity index (χ0) is 20.1. The lowest BCUT2D eigenvalue weighted by Crippen LogP contribution is -2.12. The van der Waals surface area contributed by atoms with Crippen LogP contribution in [0.15, 0.2) is 40.7 Å². The van der Waals surface area contributed by atoms with Gasteiger partial charge in [0, 0.05) is 17.4 Å². The van der Waals surface area contributed by atoms with E-state index in [1.54, 1.807) is 44.2 Å². The highest BCUT2D eigenvalue weighted by Crippen LogP contribution is 2.30. The number of aryl methyl sites for hydroxylation is 2. The molecule has 0 bridgehead atoms. The van der Waals surface area contributed by atoms with Gasteiger partial charge < -0.3 is 9.47 Å². The Bertz CT molecular complexity index is 966. The first-order valence-electron chi connectivity index (χ1n) is 8.55. The van der Waals surface area contributed by atoms with Crippen LogP contribution in [0.4, 0.5) is 5.13 Å². The average molecular weight is 416 g/mol. The molecule has 1 heterocycles. The first-order chi connectivity index (χ1) is 13.5. The maximum absolute atomic E-state index is 12.5. The number of carbonyl (C=O) groups excluding carboxylic acids is 1. The monoisotopic (exact) mass is 415 g/mol. The lowest BCUT2D eigenvalue weighted by atomic mass is 10.1. The summed E-state index contributed by atoms with van der Waals surface area (Å²) in [4.78, 5) is 12.5. The number of ether oxygens (including phenoxy) is 2. The fraction of sp³-hybridized carbons (Fsp3) is 0.250. The number of hydrogen-bond acceptors (Lipinski definition) is 7. The number of anilines is 1. The van der Waals surface area contributed by atoms with Crippen LogP contribution in [0.5, 0.6) is 11.5 Å². The van der Waals surface area contributed by atoms with Gasteiger partial charge in [-0.1, -0.05) is 46.9 Å². The number of methoxy groups -OCH3 is 2. The van der Waals surface area contributed by atoms with Crippen molar-refractivity contribution in [3.8, 4) is 11.5 Å². The summed E-state index contributed by atoms with van der Waals surface area (Å²) in [7, 11) is 3.08. The molecule has 0 radical (unpaired) electrons. The third kappa shape index (κ3) is 5.02. The first-order valence-corrected chi connectivity index (χ1v) is 10.4. The molecule has 1 amide bonds. The van der Waals surface area contributed by atoms with Gasteiger partial charge in [-0.2, -0.15) is 0 Å².